The van der Waals surface area contributed by atoms with Crippen molar-refractivity contribution in [2.75, 3.05) is 23.5 Å². The number of hydrogen-bond donors (Lipinski definition) is 3. The number of benzene rings is 2. The summed E-state index contributed by atoms with van der Waals surface area (Å²) in [6.45, 7) is 3.50. The van der Waals surface area contributed by atoms with Crippen LogP contribution in [-0.4, -0.2) is 30.6 Å². The highest BCUT2D eigenvalue weighted by molar-refractivity contribution is 8.03. The highest BCUT2D eigenvalue weighted by Gasteiger charge is 2.37. The molecule has 11 heteroatoms. The number of carbonyl (C=O) groups excluding carboxylic acids is 3. The monoisotopic (exact) mass is 576 g/mol. The number of hydrogen-bond acceptors (Lipinski definition) is 8. The van der Waals surface area contributed by atoms with E-state index in [1.807, 2.05) is 6.92 Å². The van der Waals surface area contributed by atoms with Crippen LogP contribution in [0.4, 0.5) is 11.4 Å². The summed E-state index contributed by atoms with van der Waals surface area (Å²) in [7, 11) is 1.26. The maximum atomic E-state index is 13.6. The number of rotatable bonds is 8. The van der Waals surface area contributed by atoms with E-state index in [9.17, 15) is 19.6 Å². The highest BCUT2D eigenvalue weighted by Crippen LogP contribution is 2.41. The Morgan fingerprint density at radius 1 is 1.07 bits per heavy atom. The zero-order chi connectivity index (χ0) is 28.8. The van der Waals surface area contributed by atoms with Crippen LogP contribution in [0.25, 0.3) is 0 Å². The van der Waals surface area contributed by atoms with Crippen molar-refractivity contribution >= 4 is 52.5 Å². The largest absolute Gasteiger partial charge is 0.468 e. The van der Waals surface area contributed by atoms with Gasteiger partial charge < -0.3 is 25.1 Å². The minimum Gasteiger partial charge on any atom is -0.468 e. The van der Waals surface area contributed by atoms with E-state index >= 15 is 0 Å². The van der Waals surface area contributed by atoms with Gasteiger partial charge in [-0.1, -0.05) is 41.6 Å². The minimum absolute atomic E-state index is 0.00828. The Hall–Kier alpha value is -4.46. The number of ether oxygens (including phenoxy) is 1. The number of para-hydroxylation sites is 1. The van der Waals surface area contributed by atoms with Crippen LogP contribution in [0.5, 0.6) is 0 Å². The third-order valence-corrected chi connectivity index (χ3v) is 7.62. The first-order valence-corrected chi connectivity index (χ1v) is 13.4. The SMILES string of the molecule is COC(=O)c1ccccc1NC(=O)C1=C(C)NC(SCC(=O)Nc2cccc(Cl)c2C)=C(C#N)[C@@H]1c1ccco1. The molecule has 1 aliphatic heterocycles. The van der Waals surface area contributed by atoms with Crippen molar-refractivity contribution in [2.24, 2.45) is 0 Å². The Balaban J connectivity index is 1.61. The van der Waals surface area contributed by atoms with E-state index in [0.717, 1.165) is 17.3 Å². The summed E-state index contributed by atoms with van der Waals surface area (Å²) in [5, 5.41) is 19.9. The smallest absolute Gasteiger partial charge is 0.339 e. The summed E-state index contributed by atoms with van der Waals surface area (Å²) >= 11 is 7.29. The van der Waals surface area contributed by atoms with Crippen LogP contribution in [0.1, 0.15) is 34.5 Å². The second-order valence-corrected chi connectivity index (χ2v) is 10.1. The van der Waals surface area contributed by atoms with Gasteiger partial charge >= 0.3 is 5.97 Å². The molecule has 1 aromatic heterocycles. The van der Waals surface area contributed by atoms with Crippen molar-refractivity contribution < 1.29 is 23.5 Å². The number of anilines is 2. The second kappa shape index (κ2) is 12.6. The Morgan fingerprint density at radius 3 is 2.52 bits per heavy atom. The molecule has 0 saturated heterocycles. The normalized spacial score (nSPS) is 14.7. The number of thioether (sulfide) groups is 1. The van der Waals surface area contributed by atoms with Gasteiger partial charge in [-0.25, -0.2) is 4.79 Å². The predicted octanol–water partition coefficient (Wildman–Crippen LogP) is 5.73. The lowest BCUT2D eigenvalue weighted by Gasteiger charge is -2.28. The molecule has 0 aliphatic carbocycles. The molecule has 1 atom stereocenters. The molecule has 9 nitrogen and oxygen atoms in total. The summed E-state index contributed by atoms with van der Waals surface area (Å²) < 4.78 is 10.5. The summed E-state index contributed by atoms with van der Waals surface area (Å²) in [5.74, 6) is -1.91. The summed E-state index contributed by atoms with van der Waals surface area (Å²) in [6, 6.07) is 17.2. The summed E-state index contributed by atoms with van der Waals surface area (Å²) in [6.07, 6.45) is 1.46. The molecular weight excluding hydrogens is 552 g/mol. The van der Waals surface area contributed by atoms with Crippen LogP contribution in [0.2, 0.25) is 5.02 Å². The lowest BCUT2D eigenvalue weighted by molar-refractivity contribution is -0.114. The molecule has 0 fully saturated rings. The van der Waals surface area contributed by atoms with E-state index in [0.29, 0.717) is 27.2 Å². The topological polar surface area (TPSA) is 133 Å². The number of amides is 2. The average molecular weight is 577 g/mol. The molecule has 3 aromatic rings. The number of halogens is 1. The number of methoxy groups -OCH3 is 1. The van der Waals surface area contributed by atoms with Crippen molar-refractivity contribution in [3.63, 3.8) is 0 Å². The molecule has 40 heavy (non-hydrogen) atoms. The van der Waals surface area contributed by atoms with Crippen molar-refractivity contribution in [3.05, 3.63) is 105 Å². The second-order valence-electron chi connectivity index (χ2n) is 8.71. The molecule has 0 bridgehead atoms. The van der Waals surface area contributed by atoms with E-state index in [4.69, 9.17) is 20.8 Å². The molecular formula is C29H25ClN4O5S. The van der Waals surface area contributed by atoms with Gasteiger partial charge in [-0.15, -0.1) is 0 Å². The maximum absolute atomic E-state index is 13.6. The highest BCUT2D eigenvalue weighted by atomic mass is 35.5. The van der Waals surface area contributed by atoms with Gasteiger partial charge in [-0.3, -0.25) is 9.59 Å². The number of allylic oxidation sites excluding steroid dienone is 2. The fraction of sp³-hybridized carbons (Fsp3) is 0.172. The van der Waals surface area contributed by atoms with Gasteiger partial charge in [-0.2, -0.15) is 5.26 Å². The number of nitrogens with one attached hydrogen (secondary N) is 3. The molecule has 2 aromatic carbocycles. The van der Waals surface area contributed by atoms with Crippen LogP contribution < -0.4 is 16.0 Å². The van der Waals surface area contributed by atoms with Crippen molar-refractivity contribution in [1.29, 1.82) is 5.26 Å². The van der Waals surface area contributed by atoms with Crippen molar-refractivity contribution in [2.45, 2.75) is 19.8 Å². The molecule has 0 unspecified atom stereocenters. The number of carbonyl (C=O) groups is 3. The van der Waals surface area contributed by atoms with Gasteiger partial charge in [0, 0.05) is 16.4 Å². The summed E-state index contributed by atoms with van der Waals surface area (Å²) in [5.41, 5.74) is 2.69. The molecule has 204 valence electrons. The van der Waals surface area contributed by atoms with Crippen LogP contribution >= 0.6 is 23.4 Å². The zero-order valence-corrected chi connectivity index (χ0v) is 23.4. The first-order chi connectivity index (χ1) is 19.2. The fourth-order valence-electron chi connectivity index (χ4n) is 4.20. The molecule has 0 spiro atoms. The Labute approximate surface area is 240 Å². The van der Waals surface area contributed by atoms with Gasteiger partial charge in [0.25, 0.3) is 5.91 Å². The van der Waals surface area contributed by atoms with Crippen LogP contribution in [0.15, 0.2) is 87.1 Å². The molecule has 4 rings (SSSR count). The van der Waals surface area contributed by atoms with E-state index in [1.165, 1.54) is 19.4 Å². The van der Waals surface area contributed by atoms with E-state index in [2.05, 4.69) is 22.0 Å². The maximum Gasteiger partial charge on any atom is 0.339 e. The first kappa shape index (κ1) is 28.5. The zero-order valence-electron chi connectivity index (χ0n) is 21.8. The minimum atomic E-state index is -0.854. The number of furan rings is 1. The Kier molecular flexibility index (Phi) is 8.99. The average Bonchev–Trinajstić information content (AvgIpc) is 3.48. The quantitative estimate of drug-likeness (QED) is 0.289. The molecule has 2 heterocycles. The van der Waals surface area contributed by atoms with Crippen LogP contribution in [0, 0.1) is 18.3 Å². The van der Waals surface area contributed by atoms with Gasteiger partial charge in [0.1, 0.15) is 5.76 Å². The molecule has 0 saturated carbocycles. The van der Waals surface area contributed by atoms with Gasteiger partial charge in [0.2, 0.25) is 5.91 Å². The van der Waals surface area contributed by atoms with Crippen LogP contribution in [0.3, 0.4) is 0 Å². The Bertz CT molecular complexity index is 1570. The van der Waals surface area contributed by atoms with Crippen LogP contribution in [-0.2, 0) is 14.3 Å². The number of nitrogens with zero attached hydrogens (tertiary/aromatic N) is 1. The summed E-state index contributed by atoms with van der Waals surface area (Å²) in [4.78, 5) is 38.6. The Morgan fingerprint density at radius 2 is 1.82 bits per heavy atom. The molecule has 1 aliphatic rings. The number of dihydropyridines is 1. The third-order valence-electron chi connectivity index (χ3n) is 6.19. The predicted molar refractivity (Wildman–Crippen MR) is 154 cm³/mol. The van der Waals surface area contributed by atoms with Crippen molar-refractivity contribution in [3.8, 4) is 6.07 Å². The van der Waals surface area contributed by atoms with E-state index < -0.39 is 17.8 Å². The van der Waals surface area contributed by atoms with E-state index in [1.54, 1.807) is 55.5 Å². The third kappa shape index (κ3) is 6.06. The fourth-order valence-corrected chi connectivity index (χ4v) is 5.27. The van der Waals surface area contributed by atoms with Crippen molar-refractivity contribution in [1.82, 2.24) is 5.32 Å². The number of nitriles is 1. The molecule has 2 amide bonds. The van der Waals surface area contributed by atoms with Gasteiger partial charge in [0.15, 0.2) is 0 Å². The standard InChI is InChI=1S/C29H25ClN4O5S/c1-16-20(30)9-6-11-21(16)33-24(35)15-40-28-19(14-31)26(23-12-7-13-39-23)25(17(2)32-28)27(36)34-22-10-5-4-8-18(22)29(37)38-3/h4-13,26,32H,15H2,1-3H3,(H,33,35)(H,34,36)/t26-/m1/s1. The lowest BCUT2D eigenvalue weighted by Crippen LogP contribution is -2.31. The van der Waals surface area contributed by atoms with Gasteiger partial charge in [0.05, 0.1) is 58.5 Å². The molecule has 3 N–H and O–H groups in total. The molecule has 0 radical (unpaired) electrons. The van der Waals surface area contributed by atoms with E-state index in [-0.39, 0.29) is 34.1 Å². The first-order valence-electron chi connectivity index (χ1n) is 12.1. The number of esters is 1. The lowest BCUT2D eigenvalue weighted by atomic mass is 9.85. The van der Waals surface area contributed by atoms with Gasteiger partial charge in [-0.05, 0) is 55.8 Å².